The first-order valence-electron chi connectivity index (χ1n) is 7.17. The minimum absolute atomic E-state index is 0.769. The second-order valence-electron chi connectivity index (χ2n) is 4.99. The fourth-order valence-electron chi connectivity index (χ4n) is 2.37. The van der Waals surface area contributed by atoms with Gasteiger partial charge in [0.05, 0.1) is 5.69 Å². The average molecular weight is 292 g/mol. The molecule has 0 unspecified atom stereocenters. The van der Waals surface area contributed by atoms with Gasteiger partial charge in [-0.25, -0.2) is 0 Å². The summed E-state index contributed by atoms with van der Waals surface area (Å²) >= 11 is 6.18. The lowest BCUT2D eigenvalue weighted by molar-refractivity contribution is 0.676. The molecule has 0 fully saturated rings. The summed E-state index contributed by atoms with van der Waals surface area (Å²) in [6.45, 7) is 6.19. The van der Waals surface area contributed by atoms with Crippen LogP contribution in [0, 0.1) is 0 Å². The third-order valence-corrected chi connectivity index (χ3v) is 3.58. The number of benzene rings is 1. The van der Waals surface area contributed by atoms with Crippen molar-refractivity contribution in [3.05, 3.63) is 40.7 Å². The normalized spacial score (nSPS) is 11.0. The van der Waals surface area contributed by atoms with Crippen molar-refractivity contribution >= 4 is 11.6 Å². The monoisotopic (exact) mass is 291 g/mol. The Morgan fingerprint density at radius 1 is 1.25 bits per heavy atom. The maximum Gasteiger partial charge on any atom is 0.0700 e. The first-order valence-corrected chi connectivity index (χ1v) is 7.55. The molecule has 0 aliphatic heterocycles. The van der Waals surface area contributed by atoms with Gasteiger partial charge in [-0.15, -0.1) is 0 Å². The zero-order valence-corrected chi connectivity index (χ0v) is 13.2. The molecule has 0 aliphatic carbocycles. The molecular weight excluding hydrogens is 270 g/mol. The smallest absolute Gasteiger partial charge is 0.0700 e. The zero-order valence-electron chi connectivity index (χ0n) is 12.4. The second-order valence-corrected chi connectivity index (χ2v) is 5.43. The summed E-state index contributed by atoms with van der Waals surface area (Å²) in [5, 5.41) is 8.75. The van der Waals surface area contributed by atoms with Crippen molar-refractivity contribution in [1.29, 1.82) is 0 Å². The largest absolute Gasteiger partial charge is 0.313 e. The highest BCUT2D eigenvalue weighted by atomic mass is 35.5. The molecule has 0 atom stereocenters. The van der Waals surface area contributed by atoms with Crippen LogP contribution in [0.25, 0.3) is 11.1 Å². The highest BCUT2D eigenvalue weighted by Gasteiger charge is 2.12. The molecule has 4 heteroatoms. The van der Waals surface area contributed by atoms with E-state index in [9.17, 15) is 0 Å². The molecule has 1 N–H and O–H groups in total. The number of nitrogens with one attached hydrogen (secondary N) is 1. The van der Waals surface area contributed by atoms with E-state index in [0.29, 0.717) is 0 Å². The van der Waals surface area contributed by atoms with E-state index in [0.717, 1.165) is 36.6 Å². The van der Waals surface area contributed by atoms with Gasteiger partial charge in [0.15, 0.2) is 0 Å². The van der Waals surface area contributed by atoms with Crippen LogP contribution in [-0.4, -0.2) is 16.3 Å². The predicted octanol–water partition coefficient (Wildman–Crippen LogP) is 3.80. The van der Waals surface area contributed by atoms with Crippen LogP contribution in [0.4, 0.5) is 0 Å². The van der Waals surface area contributed by atoms with Gasteiger partial charge in [0.2, 0.25) is 0 Å². The predicted molar refractivity (Wildman–Crippen MR) is 85.0 cm³/mol. The zero-order chi connectivity index (χ0) is 14.5. The van der Waals surface area contributed by atoms with E-state index in [1.807, 2.05) is 23.9 Å². The Hall–Kier alpha value is -1.32. The number of rotatable bonds is 6. The van der Waals surface area contributed by atoms with Crippen molar-refractivity contribution in [3.8, 4) is 11.1 Å². The van der Waals surface area contributed by atoms with Gasteiger partial charge in [-0.2, -0.15) is 5.10 Å². The SMILES string of the molecule is CCCNCc1ccc(Cl)cc1-c1cn(C)nc1CC. The lowest BCUT2D eigenvalue weighted by atomic mass is 9.99. The fraction of sp³-hybridized carbons (Fsp3) is 0.438. The van der Waals surface area contributed by atoms with Crippen molar-refractivity contribution in [2.75, 3.05) is 6.54 Å². The second kappa shape index (κ2) is 6.91. The van der Waals surface area contributed by atoms with Crippen molar-refractivity contribution in [2.45, 2.75) is 33.2 Å². The molecule has 2 rings (SSSR count). The molecule has 0 radical (unpaired) electrons. The van der Waals surface area contributed by atoms with Crippen molar-refractivity contribution in [2.24, 2.45) is 7.05 Å². The number of aromatic nitrogens is 2. The molecule has 0 saturated carbocycles. The molecular formula is C16H22ClN3. The third kappa shape index (κ3) is 3.41. The van der Waals surface area contributed by atoms with Crippen LogP contribution in [0.3, 0.4) is 0 Å². The summed E-state index contributed by atoms with van der Waals surface area (Å²) < 4.78 is 1.87. The van der Waals surface area contributed by atoms with E-state index >= 15 is 0 Å². The first-order chi connectivity index (χ1) is 9.65. The highest BCUT2D eigenvalue weighted by molar-refractivity contribution is 6.30. The van der Waals surface area contributed by atoms with Gasteiger partial charge >= 0.3 is 0 Å². The van der Waals surface area contributed by atoms with E-state index in [4.69, 9.17) is 11.6 Å². The maximum absolute atomic E-state index is 6.18. The highest BCUT2D eigenvalue weighted by Crippen LogP contribution is 2.29. The number of aryl methyl sites for hydroxylation is 2. The molecule has 1 aromatic carbocycles. The summed E-state index contributed by atoms with van der Waals surface area (Å²) in [6, 6.07) is 6.10. The Kier molecular flexibility index (Phi) is 5.21. The van der Waals surface area contributed by atoms with Crippen LogP contribution in [0.15, 0.2) is 24.4 Å². The Morgan fingerprint density at radius 2 is 2.05 bits per heavy atom. The molecule has 0 spiro atoms. The van der Waals surface area contributed by atoms with Gasteiger partial charge in [0, 0.05) is 30.4 Å². The van der Waals surface area contributed by atoms with Crippen LogP contribution < -0.4 is 5.32 Å². The van der Waals surface area contributed by atoms with Crippen molar-refractivity contribution < 1.29 is 0 Å². The molecule has 0 saturated heterocycles. The van der Waals surface area contributed by atoms with E-state index < -0.39 is 0 Å². The Balaban J connectivity index is 2.40. The maximum atomic E-state index is 6.18. The summed E-state index contributed by atoms with van der Waals surface area (Å²) in [5.41, 5.74) is 4.76. The Morgan fingerprint density at radius 3 is 2.75 bits per heavy atom. The van der Waals surface area contributed by atoms with Gasteiger partial charge in [-0.3, -0.25) is 4.68 Å². The van der Waals surface area contributed by atoms with Gasteiger partial charge < -0.3 is 5.32 Å². The van der Waals surface area contributed by atoms with E-state index in [1.54, 1.807) is 0 Å². The molecule has 108 valence electrons. The van der Waals surface area contributed by atoms with Gasteiger partial charge in [0.25, 0.3) is 0 Å². The van der Waals surface area contributed by atoms with Crippen LogP contribution >= 0.6 is 11.6 Å². The summed E-state index contributed by atoms with van der Waals surface area (Å²) in [7, 11) is 1.96. The summed E-state index contributed by atoms with van der Waals surface area (Å²) in [6.07, 6.45) is 4.13. The number of halogens is 1. The topological polar surface area (TPSA) is 29.9 Å². The van der Waals surface area contributed by atoms with Crippen molar-refractivity contribution in [1.82, 2.24) is 15.1 Å². The van der Waals surface area contributed by atoms with Crippen LogP contribution in [0.5, 0.6) is 0 Å². The summed E-state index contributed by atoms with van der Waals surface area (Å²) in [4.78, 5) is 0. The molecule has 2 aromatic rings. The van der Waals surface area contributed by atoms with Crippen LogP contribution in [0.1, 0.15) is 31.5 Å². The average Bonchev–Trinajstić information content (AvgIpc) is 2.81. The van der Waals surface area contributed by atoms with E-state index in [2.05, 4.69) is 36.5 Å². The molecule has 20 heavy (non-hydrogen) atoms. The lowest BCUT2D eigenvalue weighted by Gasteiger charge is -2.11. The first kappa shape index (κ1) is 15.1. The molecule has 0 bridgehead atoms. The fourth-order valence-corrected chi connectivity index (χ4v) is 2.55. The van der Waals surface area contributed by atoms with Gasteiger partial charge in [-0.1, -0.05) is 31.5 Å². The van der Waals surface area contributed by atoms with Crippen LogP contribution in [0.2, 0.25) is 5.02 Å². The van der Waals surface area contributed by atoms with E-state index in [-0.39, 0.29) is 0 Å². The Bertz CT molecular complexity index is 575. The molecule has 3 nitrogen and oxygen atoms in total. The van der Waals surface area contributed by atoms with Crippen LogP contribution in [-0.2, 0) is 20.0 Å². The van der Waals surface area contributed by atoms with Gasteiger partial charge in [-0.05, 0) is 42.6 Å². The lowest BCUT2D eigenvalue weighted by Crippen LogP contribution is -2.14. The molecule has 1 heterocycles. The Labute approximate surface area is 126 Å². The standard InChI is InChI=1S/C16H22ClN3/c1-4-8-18-10-12-6-7-13(17)9-14(12)15-11-20(3)19-16(15)5-2/h6-7,9,11,18H,4-5,8,10H2,1-3H3. The number of nitrogens with zero attached hydrogens (tertiary/aromatic N) is 2. The molecule has 0 amide bonds. The number of hydrogen-bond donors (Lipinski definition) is 1. The summed E-state index contributed by atoms with van der Waals surface area (Å²) in [5.74, 6) is 0. The minimum Gasteiger partial charge on any atom is -0.313 e. The van der Waals surface area contributed by atoms with Gasteiger partial charge in [0.1, 0.15) is 0 Å². The quantitative estimate of drug-likeness (QED) is 0.821. The van der Waals surface area contributed by atoms with E-state index in [1.165, 1.54) is 16.7 Å². The molecule has 0 aliphatic rings. The third-order valence-electron chi connectivity index (χ3n) is 3.34. The van der Waals surface area contributed by atoms with Crippen molar-refractivity contribution in [3.63, 3.8) is 0 Å². The number of hydrogen-bond acceptors (Lipinski definition) is 2. The molecule has 1 aromatic heterocycles. The minimum atomic E-state index is 0.769.